The van der Waals surface area contributed by atoms with Gasteiger partial charge in [-0.25, -0.2) is 4.39 Å². The Balaban J connectivity index is 2.07. The lowest BCUT2D eigenvalue weighted by atomic mass is 10.2. The van der Waals surface area contributed by atoms with E-state index < -0.39 is 23.3 Å². The van der Waals surface area contributed by atoms with Gasteiger partial charge < -0.3 is 15.8 Å². The number of primary amides is 1. The summed E-state index contributed by atoms with van der Waals surface area (Å²) in [6.45, 7) is 0.325. The molecule has 0 aliphatic rings. The van der Waals surface area contributed by atoms with E-state index in [0.29, 0.717) is 6.54 Å². The van der Waals surface area contributed by atoms with Gasteiger partial charge in [0.1, 0.15) is 6.61 Å². The summed E-state index contributed by atoms with van der Waals surface area (Å²) < 4.78 is 34.6. The Morgan fingerprint density at radius 2 is 1.92 bits per heavy atom. The molecule has 0 radical (unpaired) electrons. The largest absolute Gasteiger partial charge is 0.488 e. The van der Waals surface area contributed by atoms with Crippen molar-refractivity contribution in [1.82, 2.24) is 0 Å². The molecule has 0 atom stereocenters. The van der Waals surface area contributed by atoms with Crippen LogP contribution in [0.25, 0.3) is 0 Å². The van der Waals surface area contributed by atoms with E-state index in [1.807, 2.05) is 18.2 Å². The summed E-state index contributed by atoms with van der Waals surface area (Å²) in [5.41, 5.74) is 5.78. The van der Waals surface area contributed by atoms with E-state index in [2.05, 4.69) is 59.8 Å². The molecule has 0 aliphatic carbocycles. The third kappa shape index (κ3) is 4.57. The quantitative estimate of drug-likeness (QED) is 0.299. The molecule has 0 aliphatic heterocycles. The van der Waals surface area contributed by atoms with E-state index in [0.717, 1.165) is 19.8 Å². The molecule has 0 fully saturated rings. The van der Waals surface area contributed by atoms with Crippen LogP contribution in [0, 0.1) is 15.2 Å². The standard InChI is InChI=1S/C15H11Br2F2IN2O2/c16-9-5-7(20)1-2-11(9)22-3-4-24-14-8(15(21)23)6-10(17)12(18)13(14)19/h1-2,5-6,22H,3-4H2,(H2,21,23). The maximum Gasteiger partial charge on any atom is 0.252 e. The average Bonchev–Trinajstić information content (AvgIpc) is 2.52. The summed E-state index contributed by atoms with van der Waals surface area (Å²) in [5.74, 6) is -3.79. The summed E-state index contributed by atoms with van der Waals surface area (Å²) in [4.78, 5) is 11.4. The van der Waals surface area contributed by atoms with Crippen molar-refractivity contribution in [3.05, 3.63) is 54.0 Å². The SMILES string of the molecule is NC(=O)c1cc(Br)c(F)c(F)c1OCCNc1ccc(I)cc1Br. The second-order valence-corrected chi connectivity index (χ2v) is 7.58. The number of nitrogens with one attached hydrogen (secondary N) is 1. The fourth-order valence-corrected chi connectivity index (χ4v) is 3.72. The highest BCUT2D eigenvalue weighted by Crippen LogP contribution is 2.30. The number of halogens is 5. The third-order valence-corrected chi connectivity index (χ3v) is 4.88. The van der Waals surface area contributed by atoms with Crippen molar-refractivity contribution in [3.63, 3.8) is 0 Å². The maximum atomic E-state index is 14.0. The number of carbonyl (C=O) groups is 1. The van der Waals surface area contributed by atoms with Gasteiger partial charge in [-0.15, -0.1) is 0 Å². The maximum absolute atomic E-state index is 14.0. The number of benzene rings is 2. The normalized spacial score (nSPS) is 10.5. The van der Waals surface area contributed by atoms with Gasteiger partial charge in [0.25, 0.3) is 5.91 Å². The van der Waals surface area contributed by atoms with Crippen LogP contribution in [0.3, 0.4) is 0 Å². The Morgan fingerprint density at radius 3 is 2.54 bits per heavy atom. The van der Waals surface area contributed by atoms with Crippen molar-refractivity contribution in [2.24, 2.45) is 5.73 Å². The van der Waals surface area contributed by atoms with E-state index in [-0.39, 0.29) is 16.6 Å². The lowest BCUT2D eigenvalue weighted by Gasteiger charge is -2.13. The highest BCUT2D eigenvalue weighted by molar-refractivity contribution is 14.1. The molecule has 3 N–H and O–H groups in total. The van der Waals surface area contributed by atoms with Crippen LogP contribution < -0.4 is 15.8 Å². The van der Waals surface area contributed by atoms with Gasteiger partial charge in [0.2, 0.25) is 5.82 Å². The lowest BCUT2D eigenvalue weighted by Crippen LogP contribution is -2.18. The molecule has 2 aromatic carbocycles. The van der Waals surface area contributed by atoms with Gasteiger partial charge in [-0.1, -0.05) is 0 Å². The van der Waals surface area contributed by atoms with Crippen LogP contribution in [-0.2, 0) is 0 Å². The second-order valence-electron chi connectivity index (χ2n) is 4.63. The van der Waals surface area contributed by atoms with Gasteiger partial charge in [-0.05, 0) is 78.7 Å². The molecule has 2 rings (SSSR count). The molecular weight excluding hydrogens is 565 g/mol. The zero-order valence-electron chi connectivity index (χ0n) is 12.0. The van der Waals surface area contributed by atoms with Crippen LogP contribution in [-0.4, -0.2) is 19.1 Å². The van der Waals surface area contributed by atoms with Gasteiger partial charge in [0, 0.05) is 20.3 Å². The molecule has 0 spiro atoms. The van der Waals surface area contributed by atoms with E-state index in [9.17, 15) is 13.6 Å². The third-order valence-electron chi connectivity index (χ3n) is 2.98. The zero-order valence-corrected chi connectivity index (χ0v) is 17.3. The smallest absolute Gasteiger partial charge is 0.252 e. The molecule has 1 amide bonds. The van der Waals surface area contributed by atoms with E-state index in [1.54, 1.807) is 0 Å². The first-order chi connectivity index (χ1) is 11.3. The summed E-state index contributed by atoms with van der Waals surface area (Å²) in [5, 5.41) is 3.09. The number of anilines is 1. The minimum absolute atomic E-state index is 0.0106. The molecule has 24 heavy (non-hydrogen) atoms. The molecule has 128 valence electrons. The molecule has 0 saturated carbocycles. The summed E-state index contributed by atoms with van der Waals surface area (Å²) in [6, 6.07) is 6.82. The number of hydrogen-bond donors (Lipinski definition) is 2. The highest BCUT2D eigenvalue weighted by Gasteiger charge is 2.21. The summed E-state index contributed by atoms with van der Waals surface area (Å²) >= 11 is 8.44. The fraction of sp³-hybridized carbons (Fsp3) is 0.133. The van der Waals surface area contributed by atoms with Crippen molar-refractivity contribution in [2.45, 2.75) is 0 Å². The summed E-state index contributed by atoms with van der Waals surface area (Å²) in [6.07, 6.45) is 0. The summed E-state index contributed by atoms with van der Waals surface area (Å²) in [7, 11) is 0. The monoisotopic (exact) mass is 574 g/mol. The lowest BCUT2D eigenvalue weighted by molar-refractivity contribution is 0.0995. The van der Waals surface area contributed by atoms with Gasteiger partial charge in [-0.2, -0.15) is 4.39 Å². The van der Waals surface area contributed by atoms with E-state index >= 15 is 0 Å². The molecule has 0 bridgehead atoms. The number of carbonyl (C=O) groups excluding carboxylic acids is 1. The van der Waals surface area contributed by atoms with Crippen LogP contribution >= 0.6 is 54.5 Å². The first-order valence-electron chi connectivity index (χ1n) is 6.60. The number of ether oxygens (including phenoxy) is 1. The van der Waals surface area contributed by atoms with Crippen molar-refractivity contribution in [3.8, 4) is 5.75 Å². The molecule has 2 aromatic rings. The minimum Gasteiger partial charge on any atom is -0.488 e. The van der Waals surface area contributed by atoms with Gasteiger partial charge >= 0.3 is 0 Å². The second kappa shape index (κ2) is 8.43. The first kappa shape index (κ1) is 19.4. The van der Waals surface area contributed by atoms with Gasteiger partial charge in [-0.3, -0.25) is 4.79 Å². The fourth-order valence-electron chi connectivity index (χ4n) is 1.87. The molecule has 0 aromatic heterocycles. The Bertz CT molecular complexity index is 791. The van der Waals surface area contributed by atoms with Crippen LogP contribution in [0.1, 0.15) is 10.4 Å². The Morgan fingerprint density at radius 1 is 1.21 bits per heavy atom. The van der Waals surface area contributed by atoms with E-state index in [4.69, 9.17) is 10.5 Å². The zero-order chi connectivity index (χ0) is 17.9. The Kier molecular flexibility index (Phi) is 6.81. The van der Waals surface area contributed by atoms with Crippen molar-refractivity contribution >= 4 is 66.0 Å². The molecular formula is C15H11Br2F2IN2O2. The molecule has 9 heteroatoms. The number of hydrogen-bond acceptors (Lipinski definition) is 3. The Labute approximate surface area is 167 Å². The molecule has 0 heterocycles. The molecule has 0 unspecified atom stereocenters. The van der Waals surface area contributed by atoms with Crippen LogP contribution in [0.4, 0.5) is 14.5 Å². The molecule has 0 saturated heterocycles. The predicted molar refractivity (Wildman–Crippen MR) is 103 cm³/mol. The minimum atomic E-state index is -1.26. The van der Waals surface area contributed by atoms with Crippen LogP contribution in [0.5, 0.6) is 5.75 Å². The number of amides is 1. The van der Waals surface area contributed by atoms with Crippen molar-refractivity contribution in [2.75, 3.05) is 18.5 Å². The number of rotatable bonds is 6. The molecule has 4 nitrogen and oxygen atoms in total. The topological polar surface area (TPSA) is 64.4 Å². The van der Waals surface area contributed by atoms with Crippen molar-refractivity contribution < 1.29 is 18.3 Å². The van der Waals surface area contributed by atoms with Crippen molar-refractivity contribution in [1.29, 1.82) is 0 Å². The van der Waals surface area contributed by atoms with Gasteiger partial charge in [0.05, 0.1) is 10.0 Å². The average molecular weight is 576 g/mol. The first-order valence-corrected chi connectivity index (χ1v) is 9.26. The van der Waals surface area contributed by atoms with Crippen LogP contribution in [0.15, 0.2) is 33.2 Å². The number of nitrogens with two attached hydrogens (primary N) is 1. The van der Waals surface area contributed by atoms with E-state index in [1.165, 1.54) is 0 Å². The van der Waals surface area contributed by atoms with Crippen LogP contribution in [0.2, 0.25) is 0 Å². The van der Waals surface area contributed by atoms with Gasteiger partial charge in [0.15, 0.2) is 11.6 Å². The predicted octanol–water partition coefficient (Wildman–Crippen LogP) is 4.68. The Hall–Kier alpha value is -0.940. The highest BCUT2D eigenvalue weighted by atomic mass is 127.